The van der Waals surface area contributed by atoms with Gasteiger partial charge >= 0.3 is 0 Å². The number of hydrogen-bond acceptors (Lipinski definition) is 3. The first-order chi connectivity index (χ1) is 9.16. The first kappa shape index (κ1) is 13.8. The summed E-state index contributed by atoms with van der Waals surface area (Å²) in [6.07, 6.45) is 0.0540. The number of nitrogens with one attached hydrogen (secondary N) is 1. The van der Waals surface area contributed by atoms with E-state index in [-0.39, 0.29) is 18.6 Å². The second-order valence-corrected chi connectivity index (χ2v) is 5.38. The Balaban J connectivity index is 2.10. The maximum absolute atomic E-state index is 11.8. The van der Waals surface area contributed by atoms with E-state index in [0.29, 0.717) is 0 Å². The molecule has 0 bridgehead atoms. The van der Waals surface area contributed by atoms with Crippen LogP contribution < -0.4 is 5.32 Å². The molecule has 0 saturated heterocycles. The smallest absolute Gasteiger partial charge is 0.250 e. The summed E-state index contributed by atoms with van der Waals surface area (Å²) in [5.41, 5.74) is 1.86. The summed E-state index contributed by atoms with van der Waals surface area (Å²) in [6, 6.07) is 11.8. The van der Waals surface area contributed by atoms with Crippen molar-refractivity contribution in [2.45, 2.75) is 20.0 Å². The molecule has 3 nitrogen and oxygen atoms in total. The minimum atomic E-state index is -0.127. The van der Waals surface area contributed by atoms with E-state index in [1.54, 1.807) is 11.3 Å². The topological polar surface area (TPSA) is 38.3 Å². The van der Waals surface area contributed by atoms with Gasteiger partial charge in [-0.15, -0.1) is 11.3 Å². The van der Waals surface area contributed by atoms with Crippen molar-refractivity contribution in [3.05, 3.63) is 41.8 Å². The van der Waals surface area contributed by atoms with E-state index in [0.717, 1.165) is 16.1 Å². The number of rotatable bonds is 5. The highest BCUT2D eigenvalue weighted by atomic mass is 32.1. The Hall–Kier alpha value is -1.65. The number of thiophene rings is 1. The fraction of sp³-hybridized carbons (Fsp3) is 0.267. The zero-order valence-electron chi connectivity index (χ0n) is 11.1. The quantitative estimate of drug-likeness (QED) is 0.902. The molecule has 1 amide bonds. The lowest BCUT2D eigenvalue weighted by atomic mass is 10.1. The predicted molar refractivity (Wildman–Crippen MR) is 79.5 cm³/mol. The van der Waals surface area contributed by atoms with Crippen LogP contribution in [0.15, 0.2) is 41.8 Å². The molecule has 4 heteroatoms. The third-order valence-corrected chi connectivity index (χ3v) is 3.44. The van der Waals surface area contributed by atoms with Crippen molar-refractivity contribution in [3.8, 4) is 10.4 Å². The first-order valence-electron chi connectivity index (χ1n) is 6.21. The van der Waals surface area contributed by atoms with Crippen LogP contribution in [0.2, 0.25) is 0 Å². The number of benzene rings is 1. The van der Waals surface area contributed by atoms with Crippen LogP contribution in [0.5, 0.6) is 0 Å². The molecule has 0 aliphatic carbocycles. The summed E-state index contributed by atoms with van der Waals surface area (Å²) in [5.74, 6) is -0.127. The molecule has 0 spiro atoms. The van der Waals surface area contributed by atoms with Crippen molar-refractivity contribution >= 4 is 22.9 Å². The molecule has 1 heterocycles. The lowest BCUT2D eigenvalue weighted by Crippen LogP contribution is -2.20. The van der Waals surface area contributed by atoms with Crippen LogP contribution >= 0.6 is 11.3 Å². The number of carbonyl (C=O) groups excluding carboxylic acids is 1. The third kappa shape index (κ3) is 3.91. The fourth-order valence-corrected chi connectivity index (χ4v) is 2.43. The Kier molecular flexibility index (Phi) is 4.71. The van der Waals surface area contributed by atoms with Gasteiger partial charge in [-0.2, -0.15) is 0 Å². The first-order valence-corrected chi connectivity index (χ1v) is 7.09. The summed E-state index contributed by atoms with van der Waals surface area (Å²) in [4.78, 5) is 12.9. The molecule has 0 aliphatic heterocycles. The van der Waals surface area contributed by atoms with Crippen molar-refractivity contribution < 1.29 is 9.53 Å². The van der Waals surface area contributed by atoms with Crippen molar-refractivity contribution in [2.24, 2.45) is 0 Å². The second-order valence-electron chi connectivity index (χ2n) is 4.43. The van der Waals surface area contributed by atoms with Gasteiger partial charge < -0.3 is 10.1 Å². The van der Waals surface area contributed by atoms with Gasteiger partial charge in [0.15, 0.2) is 0 Å². The molecule has 0 unspecified atom stereocenters. The van der Waals surface area contributed by atoms with E-state index < -0.39 is 0 Å². The zero-order valence-corrected chi connectivity index (χ0v) is 11.9. The van der Waals surface area contributed by atoms with E-state index in [1.165, 1.54) is 0 Å². The molecule has 1 aromatic carbocycles. The van der Waals surface area contributed by atoms with Crippen LogP contribution in [0.4, 0.5) is 5.69 Å². The number of hydrogen-bond donors (Lipinski definition) is 1. The molecule has 19 heavy (non-hydrogen) atoms. The van der Waals surface area contributed by atoms with Gasteiger partial charge in [0.1, 0.15) is 6.61 Å². The average molecular weight is 275 g/mol. The van der Waals surface area contributed by atoms with Gasteiger partial charge in [-0.25, -0.2) is 0 Å². The molecule has 0 fully saturated rings. The van der Waals surface area contributed by atoms with Gasteiger partial charge in [-0.1, -0.05) is 24.3 Å². The van der Waals surface area contributed by atoms with Crippen molar-refractivity contribution in [2.75, 3.05) is 11.9 Å². The van der Waals surface area contributed by atoms with E-state index in [9.17, 15) is 4.79 Å². The molecule has 100 valence electrons. The molecule has 0 saturated carbocycles. The van der Waals surface area contributed by atoms with E-state index in [2.05, 4.69) is 5.32 Å². The average Bonchev–Trinajstić information content (AvgIpc) is 2.91. The molecule has 0 radical (unpaired) electrons. The number of para-hydroxylation sites is 1. The van der Waals surface area contributed by atoms with Crippen LogP contribution in [0.3, 0.4) is 0 Å². The van der Waals surface area contributed by atoms with Gasteiger partial charge in [0.05, 0.1) is 6.10 Å². The fourth-order valence-electron chi connectivity index (χ4n) is 1.67. The third-order valence-electron chi connectivity index (χ3n) is 2.54. The van der Waals surface area contributed by atoms with E-state index in [4.69, 9.17) is 4.74 Å². The summed E-state index contributed by atoms with van der Waals surface area (Å²) in [6.45, 7) is 3.90. The highest BCUT2D eigenvalue weighted by Crippen LogP contribution is 2.31. The number of ether oxygens (including phenoxy) is 1. The maximum atomic E-state index is 11.8. The summed E-state index contributed by atoms with van der Waals surface area (Å²) in [7, 11) is 0. The maximum Gasteiger partial charge on any atom is 0.250 e. The summed E-state index contributed by atoms with van der Waals surface area (Å²) < 4.78 is 5.30. The van der Waals surface area contributed by atoms with Crippen LogP contribution in [-0.2, 0) is 9.53 Å². The SMILES string of the molecule is CC(C)OCC(=O)Nc1ccccc1-c1cccs1. The zero-order chi connectivity index (χ0) is 13.7. The lowest BCUT2D eigenvalue weighted by Gasteiger charge is -2.11. The highest BCUT2D eigenvalue weighted by Gasteiger charge is 2.09. The highest BCUT2D eigenvalue weighted by molar-refractivity contribution is 7.13. The molecule has 1 aromatic heterocycles. The Labute approximate surface area is 117 Å². The summed E-state index contributed by atoms with van der Waals surface area (Å²) >= 11 is 1.65. The monoisotopic (exact) mass is 275 g/mol. The van der Waals surface area contributed by atoms with Gasteiger partial charge in [-0.05, 0) is 31.4 Å². The molecular formula is C15H17NO2S. The second kappa shape index (κ2) is 6.50. The predicted octanol–water partition coefficient (Wildman–Crippen LogP) is 3.78. The van der Waals surface area contributed by atoms with Crippen molar-refractivity contribution in [1.82, 2.24) is 0 Å². The minimum Gasteiger partial charge on any atom is -0.369 e. The Morgan fingerprint density at radius 2 is 2.05 bits per heavy atom. The Bertz CT molecular complexity index is 535. The lowest BCUT2D eigenvalue weighted by molar-refractivity contribution is -0.121. The normalized spacial score (nSPS) is 10.7. The molecule has 0 aliphatic rings. The Morgan fingerprint density at radius 1 is 1.26 bits per heavy atom. The van der Waals surface area contributed by atoms with Gasteiger partial charge in [0.2, 0.25) is 5.91 Å². The number of carbonyl (C=O) groups is 1. The molecule has 2 aromatic rings. The molecule has 0 atom stereocenters. The van der Waals surface area contributed by atoms with Crippen molar-refractivity contribution in [3.63, 3.8) is 0 Å². The number of amides is 1. The van der Waals surface area contributed by atoms with Gasteiger partial charge in [0.25, 0.3) is 0 Å². The van der Waals surface area contributed by atoms with Crippen LogP contribution in [0.1, 0.15) is 13.8 Å². The molecule has 1 N–H and O–H groups in total. The standard InChI is InChI=1S/C15H17NO2S/c1-11(2)18-10-15(17)16-13-7-4-3-6-12(13)14-8-5-9-19-14/h3-9,11H,10H2,1-2H3,(H,16,17). The largest absolute Gasteiger partial charge is 0.369 e. The molecular weight excluding hydrogens is 258 g/mol. The number of anilines is 1. The van der Waals surface area contributed by atoms with Gasteiger partial charge in [0, 0.05) is 16.1 Å². The Morgan fingerprint density at radius 3 is 2.74 bits per heavy atom. The van der Waals surface area contributed by atoms with Gasteiger partial charge in [-0.3, -0.25) is 4.79 Å². The van der Waals surface area contributed by atoms with E-state index in [1.807, 2.05) is 55.6 Å². The van der Waals surface area contributed by atoms with Crippen LogP contribution in [0.25, 0.3) is 10.4 Å². The minimum absolute atomic E-state index is 0.0540. The van der Waals surface area contributed by atoms with Crippen LogP contribution in [-0.4, -0.2) is 18.6 Å². The van der Waals surface area contributed by atoms with E-state index >= 15 is 0 Å². The van der Waals surface area contributed by atoms with Crippen LogP contribution in [0, 0.1) is 0 Å². The van der Waals surface area contributed by atoms with Crippen molar-refractivity contribution in [1.29, 1.82) is 0 Å². The molecule has 2 rings (SSSR count). The summed E-state index contributed by atoms with van der Waals surface area (Å²) in [5, 5.41) is 4.92.